The van der Waals surface area contributed by atoms with Crippen molar-refractivity contribution in [1.29, 1.82) is 0 Å². The molecule has 0 aromatic carbocycles. The highest BCUT2D eigenvalue weighted by atomic mass is 32.2. The minimum absolute atomic E-state index is 0.0693. The van der Waals surface area contributed by atoms with Crippen molar-refractivity contribution in [2.75, 3.05) is 25.1 Å². The van der Waals surface area contributed by atoms with Crippen LogP contribution in [0.4, 0.5) is 0 Å². The van der Waals surface area contributed by atoms with E-state index >= 15 is 0 Å². The SMILES string of the molecule is CN(C(=O)[C@@H]1CC(=O)N(Cc2cccnc2)C1)C1CCSCC1. The molecule has 23 heavy (non-hydrogen) atoms. The Balaban J connectivity index is 1.59. The van der Waals surface area contributed by atoms with E-state index in [9.17, 15) is 9.59 Å². The third-order valence-corrected chi connectivity index (χ3v) is 5.79. The molecule has 5 nitrogen and oxygen atoms in total. The third-order valence-electron chi connectivity index (χ3n) is 4.75. The van der Waals surface area contributed by atoms with Crippen molar-refractivity contribution in [3.05, 3.63) is 30.1 Å². The van der Waals surface area contributed by atoms with Gasteiger partial charge >= 0.3 is 0 Å². The highest BCUT2D eigenvalue weighted by Gasteiger charge is 2.37. The largest absolute Gasteiger partial charge is 0.342 e. The molecule has 0 aliphatic carbocycles. The van der Waals surface area contributed by atoms with Gasteiger partial charge in [0.1, 0.15) is 0 Å². The van der Waals surface area contributed by atoms with Gasteiger partial charge in [0, 0.05) is 45.0 Å². The molecule has 2 aliphatic heterocycles. The number of carbonyl (C=O) groups excluding carboxylic acids is 2. The molecule has 2 fully saturated rings. The number of hydrogen-bond acceptors (Lipinski definition) is 4. The topological polar surface area (TPSA) is 53.5 Å². The summed E-state index contributed by atoms with van der Waals surface area (Å²) in [7, 11) is 1.90. The summed E-state index contributed by atoms with van der Waals surface area (Å²) in [6.07, 6.45) is 5.96. The number of hydrogen-bond donors (Lipinski definition) is 0. The number of carbonyl (C=O) groups is 2. The summed E-state index contributed by atoms with van der Waals surface area (Å²) >= 11 is 1.96. The van der Waals surface area contributed by atoms with Crippen molar-refractivity contribution in [1.82, 2.24) is 14.8 Å². The molecule has 0 bridgehead atoms. The average Bonchev–Trinajstić information content (AvgIpc) is 2.96. The van der Waals surface area contributed by atoms with Crippen LogP contribution in [0.25, 0.3) is 0 Å². The molecule has 0 N–H and O–H groups in total. The zero-order valence-electron chi connectivity index (χ0n) is 13.5. The van der Waals surface area contributed by atoms with E-state index < -0.39 is 0 Å². The molecule has 1 atom stereocenters. The lowest BCUT2D eigenvalue weighted by molar-refractivity contribution is -0.136. The molecule has 124 valence electrons. The predicted molar refractivity (Wildman–Crippen MR) is 90.9 cm³/mol. The summed E-state index contributed by atoms with van der Waals surface area (Å²) < 4.78 is 0. The smallest absolute Gasteiger partial charge is 0.227 e. The first-order valence-corrected chi connectivity index (χ1v) is 9.31. The van der Waals surface area contributed by atoms with Crippen LogP contribution in [-0.2, 0) is 16.1 Å². The van der Waals surface area contributed by atoms with Crippen molar-refractivity contribution in [3.8, 4) is 0 Å². The molecule has 2 saturated heterocycles. The molecule has 0 radical (unpaired) electrons. The zero-order valence-corrected chi connectivity index (χ0v) is 14.3. The van der Waals surface area contributed by atoms with Crippen LogP contribution in [0.1, 0.15) is 24.8 Å². The van der Waals surface area contributed by atoms with Crippen LogP contribution in [-0.4, -0.2) is 57.7 Å². The number of nitrogens with zero attached hydrogens (tertiary/aromatic N) is 3. The minimum Gasteiger partial charge on any atom is -0.342 e. The van der Waals surface area contributed by atoms with Gasteiger partial charge in [-0.25, -0.2) is 0 Å². The van der Waals surface area contributed by atoms with Crippen molar-refractivity contribution in [2.45, 2.75) is 31.8 Å². The van der Waals surface area contributed by atoms with E-state index in [1.807, 2.05) is 35.8 Å². The van der Waals surface area contributed by atoms with Gasteiger partial charge in [0.15, 0.2) is 0 Å². The summed E-state index contributed by atoms with van der Waals surface area (Å²) in [5, 5.41) is 0. The van der Waals surface area contributed by atoms with Gasteiger partial charge in [-0.05, 0) is 36.0 Å². The van der Waals surface area contributed by atoms with E-state index in [0.717, 1.165) is 29.9 Å². The highest BCUT2D eigenvalue weighted by Crippen LogP contribution is 2.26. The molecule has 0 spiro atoms. The first kappa shape index (κ1) is 16.3. The van der Waals surface area contributed by atoms with Gasteiger partial charge in [-0.3, -0.25) is 14.6 Å². The number of pyridine rings is 1. The Kier molecular flexibility index (Phi) is 5.20. The van der Waals surface area contributed by atoms with Crippen molar-refractivity contribution >= 4 is 23.6 Å². The molecule has 6 heteroatoms. The average molecular weight is 333 g/mol. The fraction of sp³-hybridized carbons (Fsp3) is 0.588. The monoisotopic (exact) mass is 333 g/mol. The number of likely N-dealkylation sites (tertiary alicyclic amines) is 1. The maximum atomic E-state index is 12.7. The normalized spacial score (nSPS) is 22.4. The van der Waals surface area contributed by atoms with Crippen LogP contribution in [0.5, 0.6) is 0 Å². The van der Waals surface area contributed by atoms with Gasteiger partial charge in [0.05, 0.1) is 5.92 Å². The first-order chi connectivity index (χ1) is 11.1. The summed E-state index contributed by atoms with van der Waals surface area (Å²) in [4.78, 5) is 32.7. The molecule has 0 saturated carbocycles. The van der Waals surface area contributed by atoms with Gasteiger partial charge in [-0.15, -0.1) is 0 Å². The minimum atomic E-state index is -0.196. The van der Waals surface area contributed by atoms with E-state index in [2.05, 4.69) is 4.98 Å². The standard InChI is InChI=1S/C17H23N3O2S/c1-19(15-4-7-23-8-5-15)17(22)14-9-16(21)20(12-14)11-13-3-2-6-18-10-13/h2-3,6,10,14-15H,4-5,7-9,11-12H2,1H3/t14-/m1/s1. The van der Waals surface area contributed by atoms with Crippen LogP contribution < -0.4 is 0 Å². The molecular formula is C17H23N3O2S. The summed E-state index contributed by atoms with van der Waals surface area (Å²) in [6.45, 7) is 1.07. The Morgan fingerprint density at radius 1 is 1.43 bits per heavy atom. The predicted octanol–water partition coefficient (Wildman–Crippen LogP) is 1.78. The Bertz CT molecular complexity index is 560. The van der Waals surface area contributed by atoms with E-state index in [1.165, 1.54) is 0 Å². The van der Waals surface area contributed by atoms with E-state index in [4.69, 9.17) is 0 Å². The molecule has 2 amide bonds. The number of aromatic nitrogens is 1. The van der Waals surface area contributed by atoms with E-state index in [0.29, 0.717) is 25.6 Å². The molecule has 2 aliphatic rings. The Hall–Kier alpha value is -1.56. The van der Waals surface area contributed by atoms with Crippen molar-refractivity contribution in [3.63, 3.8) is 0 Å². The quantitative estimate of drug-likeness (QED) is 0.843. The molecule has 0 unspecified atom stereocenters. The summed E-state index contributed by atoms with van der Waals surface area (Å²) in [5.74, 6) is 2.25. The second-order valence-electron chi connectivity index (χ2n) is 6.33. The van der Waals surface area contributed by atoms with Crippen LogP contribution in [0.3, 0.4) is 0 Å². The van der Waals surface area contributed by atoms with Crippen molar-refractivity contribution in [2.24, 2.45) is 5.92 Å². The van der Waals surface area contributed by atoms with Crippen LogP contribution >= 0.6 is 11.8 Å². The second-order valence-corrected chi connectivity index (χ2v) is 7.55. The highest BCUT2D eigenvalue weighted by molar-refractivity contribution is 7.99. The van der Waals surface area contributed by atoms with Crippen molar-refractivity contribution < 1.29 is 9.59 Å². The zero-order chi connectivity index (χ0) is 16.2. The third kappa shape index (κ3) is 3.86. The number of rotatable bonds is 4. The lowest BCUT2D eigenvalue weighted by atomic mass is 10.0. The van der Waals surface area contributed by atoms with Gasteiger partial charge in [0.25, 0.3) is 0 Å². The van der Waals surface area contributed by atoms with Crippen LogP contribution in [0, 0.1) is 5.92 Å². The maximum absolute atomic E-state index is 12.7. The number of thioether (sulfide) groups is 1. The van der Waals surface area contributed by atoms with Crippen LogP contribution in [0.15, 0.2) is 24.5 Å². The van der Waals surface area contributed by atoms with Gasteiger partial charge in [-0.2, -0.15) is 11.8 Å². The van der Waals surface area contributed by atoms with E-state index in [-0.39, 0.29) is 17.7 Å². The first-order valence-electron chi connectivity index (χ1n) is 8.16. The van der Waals surface area contributed by atoms with E-state index in [1.54, 1.807) is 17.3 Å². The molecular weight excluding hydrogens is 310 g/mol. The second kappa shape index (κ2) is 7.34. The number of amides is 2. The molecule has 1 aromatic heterocycles. The fourth-order valence-electron chi connectivity index (χ4n) is 3.34. The van der Waals surface area contributed by atoms with Gasteiger partial charge < -0.3 is 9.80 Å². The maximum Gasteiger partial charge on any atom is 0.227 e. The van der Waals surface area contributed by atoms with Gasteiger partial charge in [-0.1, -0.05) is 6.07 Å². The Morgan fingerprint density at radius 2 is 2.22 bits per heavy atom. The van der Waals surface area contributed by atoms with Crippen LogP contribution in [0.2, 0.25) is 0 Å². The lowest BCUT2D eigenvalue weighted by Crippen LogP contribution is -2.43. The molecule has 1 aromatic rings. The lowest BCUT2D eigenvalue weighted by Gasteiger charge is -2.32. The molecule has 3 heterocycles. The Labute approximate surface area is 141 Å². The Morgan fingerprint density at radius 3 is 2.91 bits per heavy atom. The summed E-state index contributed by atoms with van der Waals surface area (Å²) in [5.41, 5.74) is 1.01. The fourth-order valence-corrected chi connectivity index (χ4v) is 4.42. The summed E-state index contributed by atoms with van der Waals surface area (Å²) in [6, 6.07) is 4.17. The molecule has 3 rings (SSSR count). The van der Waals surface area contributed by atoms with Gasteiger partial charge in [0.2, 0.25) is 11.8 Å².